The number of carbonyl (C=O) groups is 1. The van der Waals surface area contributed by atoms with Crippen LogP contribution in [0.1, 0.15) is 6.92 Å². The Hall–Kier alpha value is 0.470. The maximum atomic E-state index is 10.5. The summed E-state index contributed by atoms with van der Waals surface area (Å²) in [5.74, 6) is -0.737. The van der Waals surface area contributed by atoms with Crippen molar-refractivity contribution in [2.75, 3.05) is 0 Å². The predicted molar refractivity (Wildman–Crippen MR) is 49.2 cm³/mol. The van der Waals surface area contributed by atoms with Crippen molar-refractivity contribution >= 4 is 40.3 Å². The summed E-state index contributed by atoms with van der Waals surface area (Å²) < 4.78 is 1.93. The van der Waals surface area contributed by atoms with Gasteiger partial charge in [0.1, 0.15) is 0 Å². The summed E-state index contributed by atoms with van der Waals surface area (Å²) in [4.78, 5) is 10.5. The minimum atomic E-state index is -1.51. The molecule has 0 bridgehead atoms. The van der Waals surface area contributed by atoms with Gasteiger partial charge in [-0.25, -0.2) is 0 Å². The van der Waals surface area contributed by atoms with Crippen molar-refractivity contribution in [2.24, 2.45) is 0 Å². The Labute approximate surface area is 75.9 Å². The first kappa shape index (κ1) is 8.57. The van der Waals surface area contributed by atoms with Crippen molar-refractivity contribution in [3.63, 3.8) is 0 Å². The SMILES string of the molecule is CC1=CC=C(C(=O)O)[Te]1I. The van der Waals surface area contributed by atoms with E-state index in [1.165, 1.54) is 3.62 Å². The zero-order valence-electron chi connectivity index (χ0n) is 5.30. The Morgan fingerprint density at radius 2 is 2.30 bits per heavy atom. The van der Waals surface area contributed by atoms with Crippen molar-refractivity contribution < 1.29 is 9.90 Å². The molecule has 4 heteroatoms. The van der Waals surface area contributed by atoms with Gasteiger partial charge in [0.25, 0.3) is 0 Å². The summed E-state index contributed by atoms with van der Waals surface area (Å²) in [6.07, 6.45) is 3.66. The van der Waals surface area contributed by atoms with E-state index in [-0.39, 0.29) is 0 Å². The van der Waals surface area contributed by atoms with E-state index in [1.54, 1.807) is 6.08 Å². The summed E-state index contributed by atoms with van der Waals surface area (Å²) in [7, 11) is 0. The topological polar surface area (TPSA) is 37.3 Å². The zero-order valence-corrected chi connectivity index (χ0v) is 9.78. The second kappa shape index (κ2) is 3.24. The summed E-state index contributed by atoms with van der Waals surface area (Å²) in [6.45, 7) is 2.01. The third kappa shape index (κ3) is 1.55. The van der Waals surface area contributed by atoms with Crippen LogP contribution >= 0.6 is 18.7 Å². The van der Waals surface area contributed by atoms with Gasteiger partial charge in [0, 0.05) is 0 Å². The van der Waals surface area contributed by atoms with Crippen molar-refractivity contribution in [1.29, 1.82) is 0 Å². The molecular formula is C6H6IO2Te. The number of carboxylic acids is 1. The first-order valence-electron chi connectivity index (χ1n) is 2.65. The Morgan fingerprint density at radius 1 is 1.70 bits per heavy atom. The van der Waals surface area contributed by atoms with Crippen molar-refractivity contribution in [1.82, 2.24) is 0 Å². The average Bonchev–Trinajstić information content (AvgIpc) is 2.14. The molecule has 0 saturated carbocycles. The Balaban J connectivity index is 2.81. The molecule has 0 aromatic rings. The van der Waals surface area contributed by atoms with E-state index in [0.717, 1.165) is 0 Å². The summed E-state index contributed by atoms with van der Waals surface area (Å²) in [6, 6.07) is 0. The van der Waals surface area contributed by atoms with Crippen molar-refractivity contribution in [3.05, 3.63) is 19.4 Å². The van der Waals surface area contributed by atoms with Crippen LogP contribution in [0.5, 0.6) is 0 Å². The van der Waals surface area contributed by atoms with E-state index in [2.05, 4.69) is 18.7 Å². The minimum absolute atomic E-state index is 0.654. The zero-order chi connectivity index (χ0) is 7.72. The van der Waals surface area contributed by atoms with Gasteiger partial charge >= 0.3 is 76.5 Å². The number of hydrogen-bond donors (Lipinski definition) is 1. The second-order valence-corrected chi connectivity index (χ2v) is 12.3. The number of rotatable bonds is 1. The molecule has 0 aliphatic carbocycles. The van der Waals surface area contributed by atoms with E-state index in [0.29, 0.717) is 3.62 Å². The van der Waals surface area contributed by atoms with Gasteiger partial charge in [-0.3, -0.25) is 0 Å². The van der Waals surface area contributed by atoms with E-state index in [4.69, 9.17) is 5.11 Å². The Morgan fingerprint density at radius 3 is 2.50 bits per heavy atom. The molecular weight excluding hydrogens is 359 g/mol. The number of allylic oxidation sites excluding steroid dienone is 3. The van der Waals surface area contributed by atoms with Gasteiger partial charge < -0.3 is 0 Å². The molecule has 55 valence electrons. The van der Waals surface area contributed by atoms with Gasteiger partial charge in [0.15, 0.2) is 0 Å². The molecule has 1 aliphatic heterocycles. The summed E-state index contributed by atoms with van der Waals surface area (Å²) in [5.41, 5.74) is 0. The molecule has 2 nitrogen and oxygen atoms in total. The normalized spacial score (nSPS) is 18.6. The third-order valence-corrected chi connectivity index (χ3v) is 13.0. The average molecular weight is 365 g/mol. The van der Waals surface area contributed by atoms with Crippen LogP contribution in [0, 0.1) is 0 Å². The molecule has 0 amide bonds. The van der Waals surface area contributed by atoms with Crippen LogP contribution in [-0.4, -0.2) is 26.7 Å². The fourth-order valence-electron chi connectivity index (χ4n) is 0.634. The molecule has 0 saturated heterocycles. The van der Waals surface area contributed by atoms with E-state index in [1.807, 2.05) is 13.0 Å². The molecule has 0 aromatic carbocycles. The van der Waals surface area contributed by atoms with Crippen molar-refractivity contribution in [3.8, 4) is 0 Å². The van der Waals surface area contributed by atoms with E-state index < -0.39 is 21.6 Å². The first-order valence-corrected chi connectivity index (χ1v) is 11.8. The molecule has 1 radical (unpaired) electrons. The number of aliphatic carboxylic acids is 1. The number of halogens is 1. The summed E-state index contributed by atoms with van der Waals surface area (Å²) in [5, 5.41) is 8.64. The Kier molecular flexibility index (Phi) is 2.78. The molecule has 1 heterocycles. The van der Waals surface area contributed by atoms with Crippen LogP contribution in [0.4, 0.5) is 0 Å². The fourth-order valence-corrected chi connectivity index (χ4v) is 6.37. The molecule has 0 unspecified atom stereocenters. The van der Waals surface area contributed by atoms with Crippen LogP contribution in [-0.2, 0) is 4.79 Å². The first-order chi connectivity index (χ1) is 4.63. The number of hydrogen-bond acceptors (Lipinski definition) is 1. The van der Waals surface area contributed by atoms with Crippen LogP contribution in [0.3, 0.4) is 0 Å². The monoisotopic (exact) mass is 367 g/mol. The third-order valence-electron chi connectivity index (χ3n) is 1.16. The molecule has 1 aliphatic rings. The standard InChI is InChI=1S/C6H6IO2Te/c1-4-2-3-5(6(8)9)10(4)7/h2-3H,1H3,(H,8,9). The van der Waals surface area contributed by atoms with E-state index >= 15 is 0 Å². The van der Waals surface area contributed by atoms with Gasteiger partial charge in [-0.15, -0.1) is 0 Å². The molecule has 0 spiro atoms. The fraction of sp³-hybridized carbons (Fsp3) is 0.167. The maximum absolute atomic E-state index is 10.5. The van der Waals surface area contributed by atoms with Gasteiger partial charge in [-0.1, -0.05) is 0 Å². The van der Waals surface area contributed by atoms with E-state index in [9.17, 15) is 4.79 Å². The molecule has 0 fully saturated rings. The summed E-state index contributed by atoms with van der Waals surface area (Å²) >= 11 is 0.776. The van der Waals surface area contributed by atoms with Crippen LogP contribution in [0.15, 0.2) is 19.4 Å². The molecule has 10 heavy (non-hydrogen) atoms. The van der Waals surface area contributed by atoms with Gasteiger partial charge in [0.05, 0.1) is 0 Å². The Bertz CT molecular complexity index is 232. The quantitative estimate of drug-likeness (QED) is 0.565. The van der Waals surface area contributed by atoms with Crippen LogP contribution in [0.2, 0.25) is 0 Å². The van der Waals surface area contributed by atoms with Gasteiger partial charge in [-0.2, -0.15) is 0 Å². The molecule has 0 aromatic heterocycles. The van der Waals surface area contributed by atoms with Crippen molar-refractivity contribution in [2.45, 2.75) is 6.92 Å². The molecule has 1 rings (SSSR count). The molecule has 0 atom stereocenters. The second-order valence-electron chi connectivity index (χ2n) is 1.87. The molecule has 1 N–H and O–H groups in total. The number of carboxylic acid groups (broad SMARTS) is 1. The predicted octanol–water partition coefficient (Wildman–Crippen LogP) is 1.46. The van der Waals surface area contributed by atoms with Crippen LogP contribution in [0.25, 0.3) is 0 Å². The van der Waals surface area contributed by atoms with Gasteiger partial charge in [-0.05, 0) is 0 Å². The van der Waals surface area contributed by atoms with Gasteiger partial charge in [0.2, 0.25) is 0 Å². The van der Waals surface area contributed by atoms with Crippen LogP contribution < -0.4 is 0 Å².